The zero-order valence-corrected chi connectivity index (χ0v) is 20.2. The van der Waals surface area contributed by atoms with Crippen molar-refractivity contribution >= 4 is 5.82 Å². The number of fused-ring (bicyclic) bond motifs is 2. The van der Waals surface area contributed by atoms with Gasteiger partial charge < -0.3 is 14.7 Å². The number of anilines is 1. The molecule has 178 valence electrons. The Hall–Kier alpha value is -3.26. The second kappa shape index (κ2) is 7.91. The van der Waals surface area contributed by atoms with Crippen molar-refractivity contribution < 1.29 is 14.2 Å². The lowest BCUT2D eigenvalue weighted by Gasteiger charge is -2.45. The first-order valence-electron chi connectivity index (χ1n) is 11.4. The molecule has 5 rings (SSSR count). The number of ether oxygens (including phenoxy) is 1. The maximum Gasteiger partial charge on any atom is 0.213 e. The maximum absolute atomic E-state index is 15.5. The van der Waals surface area contributed by atoms with E-state index >= 15 is 4.39 Å². The maximum atomic E-state index is 15.5. The summed E-state index contributed by atoms with van der Waals surface area (Å²) >= 11 is 0. The molecule has 1 aromatic carbocycles. The van der Waals surface area contributed by atoms with Crippen molar-refractivity contribution in [3.8, 4) is 34.0 Å². The van der Waals surface area contributed by atoms with E-state index in [1.807, 2.05) is 62.3 Å². The first-order chi connectivity index (χ1) is 16.2. The summed E-state index contributed by atoms with van der Waals surface area (Å²) in [6.07, 6.45) is 1.50. The molecule has 1 saturated heterocycles. The molecule has 1 saturated carbocycles. The lowest BCUT2D eigenvalue weighted by atomic mass is 9.84. The van der Waals surface area contributed by atoms with Gasteiger partial charge in [0.1, 0.15) is 11.9 Å². The van der Waals surface area contributed by atoms with Crippen LogP contribution in [0, 0.1) is 5.41 Å². The molecule has 1 N–H and O–H groups in total. The smallest absolute Gasteiger partial charge is 0.213 e. The minimum atomic E-state index is -0.980. The number of methoxy groups -OCH3 is 1. The normalized spacial score (nSPS) is 28.3. The van der Waals surface area contributed by atoms with Gasteiger partial charge in [0.2, 0.25) is 5.88 Å². The average molecular weight is 464 g/mol. The zero-order valence-electron chi connectivity index (χ0n) is 20.2. The largest absolute Gasteiger partial charge is 0.507 e. The fourth-order valence-corrected chi connectivity index (χ4v) is 6.02. The predicted molar refractivity (Wildman–Crippen MR) is 130 cm³/mol. The van der Waals surface area contributed by atoms with Crippen molar-refractivity contribution in [3.63, 3.8) is 0 Å². The number of piperidine rings is 1. The molecule has 7 nitrogen and oxygen atoms in total. The second-order valence-electron chi connectivity index (χ2n) is 10.1. The van der Waals surface area contributed by atoms with E-state index < -0.39 is 11.7 Å². The van der Waals surface area contributed by atoms with E-state index in [2.05, 4.69) is 27.0 Å². The van der Waals surface area contributed by atoms with E-state index in [9.17, 15) is 5.11 Å². The molecule has 1 aliphatic carbocycles. The zero-order chi connectivity index (χ0) is 24.3. The van der Waals surface area contributed by atoms with Gasteiger partial charge in [-0.1, -0.05) is 13.0 Å². The van der Waals surface area contributed by atoms with E-state index in [1.54, 1.807) is 19.4 Å². The Kier molecular flexibility index (Phi) is 5.24. The highest BCUT2D eigenvalue weighted by Gasteiger charge is 2.66. The summed E-state index contributed by atoms with van der Waals surface area (Å²) in [5.41, 5.74) is 2.25. The monoisotopic (exact) mass is 463 g/mol. The van der Waals surface area contributed by atoms with Crippen LogP contribution in [0.4, 0.5) is 10.2 Å². The third kappa shape index (κ3) is 3.39. The summed E-state index contributed by atoms with van der Waals surface area (Å²) in [5, 5.41) is 19.5. The van der Waals surface area contributed by atoms with Crippen LogP contribution in [0.3, 0.4) is 0 Å². The SMILES string of the molecule is COc1cc(-c2ccc(-c3ccc(N(C)[C@@H]4[C@@H](F)[C@]5(C)C[C@@]4(C)CN5C)nn3)c(O)c2)ccn1. The lowest BCUT2D eigenvalue weighted by Crippen LogP contribution is -2.59. The van der Waals surface area contributed by atoms with Crippen LogP contribution in [-0.4, -0.2) is 70.7 Å². The standard InChI is InChI=1S/C26H30FN5O2/c1-25-14-26(2,31(3)15-25)23(27)24(25)32(4)21-9-8-19(29-30-21)18-7-6-16(12-20(18)33)17-10-11-28-22(13-17)34-5/h6-13,23-24,33H,14-15H2,1-5H3/t23-,24-,25+,26+/m1/s1. The van der Waals surface area contributed by atoms with Gasteiger partial charge in [-0.05, 0) is 61.9 Å². The Morgan fingerprint density at radius 3 is 2.50 bits per heavy atom. The first-order valence-corrected chi connectivity index (χ1v) is 11.4. The van der Waals surface area contributed by atoms with Gasteiger partial charge in [-0.3, -0.25) is 4.90 Å². The fourth-order valence-electron chi connectivity index (χ4n) is 6.02. The summed E-state index contributed by atoms with van der Waals surface area (Å²) in [6, 6.07) is 12.5. The van der Waals surface area contributed by atoms with Crippen LogP contribution >= 0.6 is 0 Å². The van der Waals surface area contributed by atoms with Crippen LogP contribution in [0.25, 0.3) is 22.4 Å². The highest BCUT2D eigenvalue weighted by Crippen LogP contribution is 2.56. The topological polar surface area (TPSA) is 74.6 Å². The number of halogens is 1. The molecule has 0 radical (unpaired) electrons. The van der Waals surface area contributed by atoms with E-state index in [-0.39, 0.29) is 17.2 Å². The third-order valence-corrected chi connectivity index (χ3v) is 7.80. The van der Waals surface area contributed by atoms with Crippen LogP contribution < -0.4 is 9.64 Å². The number of pyridine rings is 1. The quantitative estimate of drug-likeness (QED) is 0.609. The van der Waals surface area contributed by atoms with E-state index in [1.165, 1.54) is 0 Å². The number of rotatable bonds is 5. The molecule has 0 spiro atoms. The molecule has 0 amide bonds. The number of phenols is 1. The minimum Gasteiger partial charge on any atom is -0.507 e. The Morgan fingerprint density at radius 1 is 1.12 bits per heavy atom. The highest BCUT2D eigenvalue weighted by atomic mass is 19.1. The number of alkyl halides is 1. The molecular formula is C26H30FN5O2. The molecule has 2 aromatic heterocycles. The van der Waals surface area contributed by atoms with Crippen molar-refractivity contribution in [2.24, 2.45) is 5.41 Å². The van der Waals surface area contributed by atoms with Gasteiger partial charge in [0.15, 0.2) is 5.82 Å². The summed E-state index contributed by atoms with van der Waals surface area (Å²) in [5.74, 6) is 1.23. The molecule has 8 heteroatoms. The van der Waals surface area contributed by atoms with Crippen LogP contribution in [0.5, 0.6) is 11.6 Å². The van der Waals surface area contributed by atoms with Crippen LogP contribution in [-0.2, 0) is 0 Å². The molecule has 34 heavy (non-hydrogen) atoms. The van der Waals surface area contributed by atoms with E-state index in [0.717, 1.165) is 24.1 Å². The second-order valence-corrected chi connectivity index (χ2v) is 10.1. The number of nitrogens with zero attached hydrogens (tertiary/aromatic N) is 5. The molecule has 3 aromatic rings. The highest BCUT2D eigenvalue weighted by molar-refractivity contribution is 5.74. The Labute approximate surface area is 199 Å². The number of hydrogen-bond acceptors (Lipinski definition) is 7. The molecule has 2 fully saturated rings. The van der Waals surface area contributed by atoms with Gasteiger partial charge in [-0.15, -0.1) is 10.2 Å². The van der Waals surface area contributed by atoms with Gasteiger partial charge in [0.25, 0.3) is 0 Å². The van der Waals surface area contributed by atoms with E-state index in [4.69, 9.17) is 4.74 Å². The number of aromatic nitrogens is 3. The molecule has 1 aliphatic heterocycles. The molecule has 0 unspecified atom stereocenters. The van der Waals surface area contributed by atoms with Gasteiger partial charge in [0, 0.05) is 36.8 Å². The van der Waals surface area contributed by atoms with Crippen molar-refractivity contribution in [1.29, 1.82) is 0 Å². The summed E-state index contributed by atoms with van der Waals surface area (Å²) in [7, 11) is 5.47. The number of likely N-dealkylation sites (tertiary alicyclic amines) is 1. The lowest BCUT2D eigenvalue weighted by molar-refractivity contribution is 0.0410. The van der Waals surface area contributed by atoms with E-state index in [0.29, 0.717) is 23.0 Å². The molecule has 4 atom stereocenters. The fraction of sp³-hybridized carbons (Fsp3) is 0.423. The van der Waals surface area contributed by atoms with Gasteiger partial charge in [-0.25, -0.2) is 9.37 Å². The van der Waals surface area contributed by atoms with Crippen molar-refractivity contribution in [2.75, 3.05) is 32.6 Å². The molecule has 3 heterocycles. The number of benzene rings is 1. The molecule has 2 bridgehead atoms. The van der Waals surface area contributed by atoms with Crippen LogP contribution in [0.2, 0.25) is 0 Å². The van der Waals surface area contributed by atoms with Gasteiger partial charge in [0.05, 0.1) is 24.4 Å². The summed E-state index contributed by atoms with van der Waals surface area (Å²) in [4.78, 5) is 8.19. The molecule has 2 aliphatic rings. The predicted octanol–water partition coefficient (Wildman–Crippen LogP) is 4.18. The Morgan fingerprint density at radius 2 is 1.88 bits per heavy atom. The van der Waals surface area contributed by atoms with Crippen molar-refractivity contribution in [2.45, 2.75) is 38.0 Å². The number of phenolic OH excluding ortho intramolecular Hbond substituents is 1. The summed E-state index contributed by atoms with van der Waals surface area (Å²) < 4.78 is 20.7. The van der Waals surface area contributed by atoms with Crippen molar-refractivity contribution in [3.05, 3.63) is 48.7 Å². The summed E-state index contributed by atoms with van der Waals surface area (Å²) in [6.45, 7) is 5.03. The Bertz CT molecular complexity index is 1220. The Balaban J connectivity index is 1.38. The average Bonchev–Trinajstić information content (AvgIpc) is 3.19. The third-order valence-electron chi connectivity index (χ3n) is 7.80. The van der Waals surface area contributed by atoms with Crippen LogP contribution in [0.15, 0.2) is 48.7 Å². The van der Waals surface area contributed by atoms with Gasteiger partial charge in [-0.2, -0.15) is 0 Å². The van der Waals surface area contributed by atoms with Crippen molar-refractivity contribution in [1.82, 2.24) is 20.1 Å². The first kappa shape index (κ1) is 22.5. The minimum absolute atomic E-state index is 0.101. The molecular weight excluding hydrogens is 433 g/mol. The number of aromatic hydroxyl groups is 1. The number of hydrogen-bond donors (Lipinski definition) is 1. The van der Waals surface area contributed by atoms with Crippen LogP contribution in [0.1, 0.15) is 20.3 Å². The van der Waals surface area contributed by atoms with Gasteiger partial charge >= 0.3 is 0 Å².